The summed E-state index contributed by atoms with van der Waals surface area (Å²) < 4.78 is 1.98. The van der Waals surface area contributed by atoms with Crippen LogP contribution in [0.2, 0.25) is 0 Å². The number of pyridine rings is 1. The molecule has 1 amide bonds. The van der Waals surface area contributed by atoms with E-state index in [0.29, 0.717) is 12.1 Å². The van der Waals surface area contributed by atoms with Crippen LogP contribution in [0.4, 0.5) is 0 Å². The lowest BCUT2D eigenvalue weighted by molar-refractivity contribution is 0.0750. The Bertz CT molecular complexity index is 918. The Kier molecular flexibility index (Phi) is 7.48. The van der Waals surface area contributed by atoms with E-state index in [1.807, 2.05) is 22.6 Å². The largest absolute Gasteiger partial charge is 0.337 e. The molecule has 2 aliphatic rings. The third kappa shape index (κ3) is 4.46. The van der Waals surface area contributed by atoms with Crippen molar-refractivity contribution in [2.24, 2.45) is 0 Å². The first kappa shape index (κ1) is 24.9. The van der Waals surface area contributed by atoms with E-state index in [1.54, 1.807) is 0 Å². The van der Waals surface area contributed by atoms with E-state index in [-0.39, 0.29) is 42.2 Å². The molecule has 2 unspecified atom stereocenters. The summed E-state index contributed by atoms with van der Waals surface area (Å²) in [4.78, 5) is 20.6. The predicted molar refractivity (Wildman–Crippen MR) is 126 cm³/mol. The van der Waals surface area contributed by atoms with Gasteiger partial charge in [0.05, 0.1) is 22.2 Å². The first-order valence-electron chi connectivity index (χ1n) is 10.6. The fourth-order valence-corrected chi connectivity index (χ4v) is 4.54. The van der Waals surface area contributed by atoms with E-state index in [9.17, 15) is 4.79 Å². The van der Waals surface area contributed by atoms with E-state index >= 15 is 0 Å². The van der Waals surface area contributed by atoms with Gasteiger partial charge in [-0.05, 0) is 58.9 Å². The molecule has 4 rings (SSSR count). The zero-order valence-electron chi connectivity index (χ0n) is 18.9. The number of hydrogen-bond donors (Lipinski definition) is 1. The maximum atomic E-state index is 13.7. The second-order valence-electron chi connectivity index (χ2n) is 9.79. The van der Waals surface area contributed by atoms with Gasteiger partial charge < -0.3 is 10.2 Å². The van der Waals surface area contributed by atoms with E-state index in [0.717, 1.165) is 47.5 Å². The fraction of sp³-hybridized carbons (Fsp3) is 0.682. The first-order valence-corrected chi connectivity index (χ1v) is 10.6. The Morgan fingerprint density at radius 1 is 1.17 bits per heavy atom. The van der Waals surface area contributed by atoms with Crippen molar-refractivity contribution in [2.45, 2.75) is 84.3 Å². The molecule has 0 spiro atoms. The van der Waals surface area contributed by atoms with Crippen molar-refractivity contribution < 1.29 is 4.79 Å². The highest BCUT2D eigenvalue weighted by Crippen LogP contribution is 2.30. The molecule has 2 aliphatic heterocycles. The average Bonchev–Trinajstić information content (AvgIpc) is 3.13. The number of likely N-dealkylation sites (tertiary alicyclic amines) is 1. The van der Waals surface area contributed by atoms with Gasteiger partial charge in [0.15, 0.2) is 5.65 Å². The number of halogens is 2. The second kappa shape index (κ2) is 9.01. The van der Waals surface area contributed by atoms with Crippen LogP contribution in [0.5, 0.6) is 0 Å². The maximum Gasteiger partial charge on any atom is 0.254 e. The van der Waals surface area contributed by atoms with Gasteiger partial charge in [-0.1, -0.05) is 13.8 Å². The lowest BCUT2D eigenvalue weighted by Gasteiger charge is -2.25. The maximum absolute atomic E-state index is 13.7. The van der Waals surface area contributed by atoms with Gasteiger partial charge in [0, 0.05) is 30.9 Å². The second-order valence-corrected chi connectivity index (χ2v) is 9.79. The van der Waals surface area contributed by atoms with Gasteiger partial charge in [-0.25, -0.2) is 9.67 Å². The van der Waals surface area contributed by atoms with Crippen LogP contribution in [0.1, 0.15) is 81.5 Å². The van der Waals surface area contributed by atoms with E-state index in [2.05, 4.69) is 39.9 Å². The molecular weight excluding hydrogens is 421 g/mol. The number of nitrogens with zero attached hydrogens (tertiary/aromatic N) is 4. The number of carbonyl (C=O) groups is 1. The standard InChI is InChI=1S/C22H33N5O.2ClH/c1-13(2)18-11-17(19-14(3)25-27(20(19)24-18)22(4,5)6)21(28)26-10-9-15-7-8-16(12-26)23-15;;/h11,13,15-16,23H,7-10,12H2,1-6H3;2*1H. The molecule has 4 heterocycles. The van der Waals surface area contributed by atoms with Gasteiger partial charge in [-0.3, -0.25) is 4.79 Å². The Labute approximate surface area is 192 Å². The van der Waals surface area contributed by atoms with Gasteiger partial charge in [-0.15, -0.1) is 24.8 Å². The van der Waals surface area contributed by atoms with E-state index in [1.165, 1.54) is 12.8 Å². The van der Waals surface area contributed by atoms with Crippen LogP contribution in [0.3, 0.4) is 0 Å². The SMILES string of the molecule is Cc1nn(C(C)(C)C)c2nc(C(C)C)cc(C(=O)N3CCC4CCC(C3)N4)c12.Cl.Cl. The summed E-state index contributed by atoms with van der Waals surface area (Å²) in [5.41, 5.74) is 3.23. The van der Waals surface area contributed by atoms with Crippen LogP contribution in [0.15, 0.2) is 6.07 Å². The predicted octanol–water partition coefficient (Wildman–Crippen LogP) is 4.43. The summed E-state index contributed by atoms with van der Waals surface area (Å²) >= 11 is 0. The number of fused-ring (bicyclic) bond motifs is 3. The number of hydrogen-bond acceptors (Lipinski definition) is 4. The summed E-state index contributed by atoms with van der Waals surface area (Å²) in [6.07, 6.45) is 3.44. The van der Waals surface area contributed by atoms with Crippen LogP contribution in [0, 0.1) is 6.92 Å². The summed E-state index contributed by atoms with van der Waals surface area (Å²) in [6, 6.07) is 3.00. The number of aryl methyl sites for hydroxylation is 1. The zero-order chi connectivity index (χ0) is 20.2. The smallest absolute Gasteiger partial charge is 0.254 e. The van der Waals surface area contributed by atoms with Crippen LogP contribution >= 0.6 is 24.8 Å². The molecule has 30 heavy (non-hydrogen) atoms. The van der Waals surface area contributed by atoms with Crippen molar-refractivity contribution >= 4 is 41.8 Å². The highest BCUT2D eigenvalue weighted by atomic mass is 35.5. The van der Waals surface area contributed by atoms with Gasteiger partial charge in [-0.2, -0.15) is 5.10 Å². The lowest BCUT2D eigenvalue weighted by Crippen LogP contribution is -2.39. The van der Waals surface area contributed by atoms with Crippen molar-refractivity contribution in [1.82, 2.24) is 25.0 Å². The number of nitrogens with one attached hydrogen (secondary N) is 1. The number of amides is 1. The number of rotatable bonds is 2. The number of aromatic nitrogens is 3. The average molecular weight is 456 g/mol. The molecule has 2 aromatic heterocycles. The third-order valence-electron chi connectivity index (χ3n) is 6.10. The highest BCUT2D eigenvalue weighted by Gasteiger charge is 2.33. The lowest BCUT2D eigenvalue weighted by atomic mass is 10.0. The van der Waals surface area contributed by atoms with Crippen molar-refractivity contribution in [1.29, 1.82) is 0 Å². The molecule has 2 fully saturated rings. The molecule has 2 saturated heterocycles. The summed E-state index contributed by atoms with van der Waals surface area (Å²) in [7, 11) is 0. The first-order chi connectivity index (χ1) is 13.1. The van der Waals surface area contributed by atoms with Gasteiger partial charge in [0.25, 0.3) is 5.91 Å². The molecule has 8 heteroatoms. The summed E-state index contributed by atoms with van der Waals surface area (Å²) in [6.45, 7) is 14.2. The molecular formula is C22H35Cl2N5O. The molecule has 2 atom stereocenters. The summed E-state index contributed by atoms with van der Waals surface area (Å²) in [5, 5.41) is 9.35. The van der Waals surface area contributed by atoms with E-state index in [4.69, 9.17) is 10.1 Å². The van der Waals surface area contributed by atoms with Crippen LogP contribution in [-0.2, 0) is 5.54 Å². The van der Waals surface area contributed by atoms with Crippen LogP contribution < -0.4 is 5.32 Å². The Balaban J connectivity index is 0.00000160. The molecule has 2 aromatic rings. The summed E-state index contributed by atoms with van der Waals surface area (Å²) in [5.74, 6) is 0.376. The zero-order valence-corrected chi connectivity index (χ0v) is 20.5. The molecule has 1 N–H and O–H groups in total. The van der Waals surface area contributed by atoms with Crippen molar-refractivity contribution in [2.75, 3.05) is 13.1 Å². The Morgan fingerprint density at radius 2 is 1.83 bits per heavy atom. The molecule has 2 bridgehead atoms. The minimum atomic E-state index is -0.193. The quantitative estimate of drug-likeness (QED) is 0.727. The monoisotopic (exact) mass is 455 g/mol. The Morgan fingerprint density at radius 3 is 2.47 bits per heavy atom. The van der Waals surface area contributed by atoms with Gasteiger partial charge >= 0.3 is 0 Å². The molecule has 0 aliphatic carbocycles. The molecule has 0 aromatic carbocycles. The fourth-order valence-electron chi connectivity index (χ4n) is 4.54. The van der Waals surface area contributed by atoms with Crippen molar-refractivity contribution in [3.8, 4) is 0 Å². The highest BCUT2D eigenvalue weighted by molar-refractivity contribution is 6.06. The van der Waals surface area contributed by atoms with E-state index < -0.39 is 0 Å². The minimum absolute atomic E-state index is 0. The van der Waals surface area contributed by atoms with Gasteiger partial charge in [0.2, 0.25) is 0 Å². The molecule has 6 nitrogen and oxygen atoms in total. The molecule has 0 saturated carbocycles. The van der Waals surface area contributed by atoms with Crippen LogP contribution in [-0.4, -0.2) is 50.7 Å². The molecule has 0 radical (unpaired) electrons. The third-order valence-corrected chi connectivity index (χ3v) is 6.10. The Hall–Kier alpha value is -1.37. The van der Waals surface area contributed by atoms with Crippen LogP contribution in [0.25, 0.3) is 11.0 Å². The van der Waals surface area contributed by atoms with Gasteiger partial charge in [0.1, 0.15) is 0 Å². The normalized spacial score (nSPS) is 21.4. The molecule has 168 valence electrons. The van der Waals surface area contributed by atoms with Crippen molar-refractivity contribution in [3.63, 3.8) is 0 Å². The number of carbonyl (C=O) groups excluding carboxylic acids is 1. The minimum Gasteiger partial charge on any atom is -0.337 e. The topological polar surface area (TPSA) is 63.1 Å². The van der Waals surface area contributed by atoms with Crippen molar-refractivity contribution in [3.05, 3.63) is 23.0 Å².